The molecular formula is C21H20F2N6. The van der Waals surface area contributed by atoms with Crippen molar-refractivity contribution in [3.8, 4) is 0 Å². The number of hydrogen-bond donors (Lipinski definition) is 0. The summed E-state index contributed by atoms with van der Waals surface area (Å²) in [5.74, 6) is 0.566. The van der Waals surface area contributed by atoms with Crippen molar-refractivity contribution in [1.82, 2.24) is 24.6 Å². The summed E-state index contributed by atoms with van der Waals surface area (Å²) < 4.78 is 28.4. The van der Waals surface area contributed by atoms with Gasteiger partial charge in [-0.2, -0.15) is 10.1 Å². The summed E-state index contributed by atoms with van der Waals surface area (Å²) in [4.78, 5) is 14.8. The molecule has 0 spiro atoms. The Morgan fingerprint density at radius 2 is 2.00 bits per heavy atom. The number of alkyl halides is 2. The summed E-state index contributed by atoms with van der Waals surface area (Å²) in [6.45, 7) is 3.77. The molecule has 1 aromatic carbocycles. The number of nitrogens with zero attached hydrogens (tertiary/aromatic N) is 6. The Hall–Kier alpha value is -3.16. The van der Waals surface area contributed by atoms with E-state index in [2.05, 4.69) is 37.9 Å². The average molecular weight is 394 g/mol. The first-order chi connectivity index (χ1) is 14.1. The Labute approximate surface area is 166 Å². The molecule has 0 amide bonds. The lowest BCUT2D eigenvalue weighted by Crippen LogP contribution is -2.39. The van der Waals surface area contributed by atoms with E-state index < -0.39 is 6.43 Å². The first kappa shape index (κ1) is 17.9. The zero-order valence-electron chi connectivity index (χ0n) is 15.9. The number of aromatic nitrogens is 5. The highest BCUT2D eigenvalue weighted by Gasteiger charge is 2.31. The maximum Gasteiger partial charge on any atom is 0.280 e. The highest BCUT2D eigenvalue weighted by molar-refractivity contribution is 5.91. The van der Waals surface area contributed by atoms with E-state index in [9.17, 15) is 8.78 Å². The summed E-state index contributed by atoms with van der Waals surface area (Å²) in [6, 6.07) is 11.6. The van der Waals surface area contributed by atoms with Gasteiger partial charge in [-0.05, 0) is 30.5 Å². The highest BCUT2D eigenvalue weighted by atomic mass is 19.3. The molecule has 8 heteroatoms. The summed E-state index contributed by atoms with van der Waals surface area (Å²) in [5.41, 5.74) is 2.55. The zero-order chi connectivity index (χ0) is 20.0. The van der Waals surface area contributed by atoms with Crippen LogP contribution in [-0.4, -0.2) is 37.7 Å². The Balaban J connectivity index is 1.58. The summed E-state index contributed by atoms with van der Waals surface area (Å²) in [7, 11) is 0. The fraction of sp³-hybridized carbons (Fsp3) is 0.333. The van der Waals surface area contributed by atoms with E-state index in [1.54, 1.807) is 4.52 Å². The molecule has 0 aliphatic carbocycles. The van der Waals surface area contributed by atoms with Gasteiger partial charge < -0.3 is 4.90 Å². The monoisotopic (exact) mass is 394 g/mol. The number of benzene rings is 1. The number of anilines is 1. The van der Waals surface area contributed by atoms with Crippen molar-refractivity contribution < 1.29 is 8.78 Å². The molecule has 4 aromatic rings. The highest BCUT2D eigenvalue weighted by Crippen LogP contribution is 2.37. The third-order valence-corrected chi connectivity index (χ3v) is 5.83. The van der Waals surface area contributed by atoms with Crippen molar-refractivity contribution in [2.45, 2.75) is 25.7 Å². The van der Waals surface area contributed by atoms with Crippen LogP contribution in [0.15, 0.2) is 48.9 Å². The number of halogens is 2. The van der Waals surface area contributed by atoms with Gasteiger partial charge in [-0.15, -0.1) is 0 Å². The second kappa shape index (κ2) is 7.02. The molecule has 148 valence electrons. The third kappa shape index (κ3) is 3.08. The van der Waals surface area contributed by atoms with Gasteiger partial charge in [0.1, 0.15) is 12.0 Å². The topological polar surface area (TPSA) is 59.2 Å². The van der Waals surface area contributed by atoms with Gasteiger partial charge in [-0.3, -0.25) is 4.98 Å². The molecule has 0 saturated carbocycles. The Bertz CT molecular complexity index is 1170. The van der Waals surface area contributed by atoms with Gasteiger partial charge in [-0.1, -0.05) is 25.1 Å². The largest absolute Gasteiger partial charge is 0.370 e. The Morgan fingerprint density at radius 1 is 1.14 bits per heavy atom. The third-order valence-electron chi connectivity index (χ3n) is 5.83. The lowest BCUT2D eigenvalue weighted by Gasteiger charge is -2.39. The minimum Gasteiger partial charge on any atom is -0.370 e. The number of hydrogen-bond acceptors (Lipinski definition) is 5. The quantitative estimate of drug-likeness (QED) is 0.520. The first-order valence-electron chi connectivity index (χ1n) is 9.69. The van der Waals surface area contributed by atoms with Gasteiger partial charge >= 0.3 is 0 Å². The van der Waals surface area contributed by atoms with Gasteiger partial charge in [0.15, 0.2) is 0 Å². The van der Waals surface area contributed by atoms with E-state index in [1.165, 1.54) is 12.4 Å². The molecule has 6 nitrogen and oxygen atoms in total. The maximum atomic E-state index is 13.4. The minimum atomic E-state index is -2.64. The van der Waals surface area contributed by atoms with Gasteiger partial charge in [0.05, 0.1) is 11.2 Å². The Kier molecular flexibility index (Phi) is 4.34. The second-order valence-electron chi connectivity index (χ2n) is 7.54. The van der Waals surface area contributed by atoms with Crippen molar-refractivity contribution in [3.63, 3.8) is 0 Å². The van der Waals surface area contributed by atoms with Gasteiger partial charge in [0, 0.05) is 36.3 Å². The average Bonchev–Trinajstić information content (AvgIpc) is 3.22. The predicted octanol–water partition coefficient (Wildman–Crippen LogP) is 4.24. The SMILES string of the molecule is C[C@@H]1CCN(c2ccnc3ccccc23)C[C@H]1c1cc(C(F)F)nc2ncnn12. The number of pyridine rings is 1. The molecule has 0 bridgehead atoms. The minimum absolute atomic E-state index is 0.0281. The molecule has 1 aliphatic heterocycles. The van der Waals surface area contributed by atoms with Crippen LogP contribution in [0.25, 0.3) is 16.7 Å². The van der Waals surface area contributed by atoms with Crippen molar-refractivity contribution in [1.29, 1.82) is 0 Å². The summed E-state index contributed by atoms with van der Waals surface area (Å²) >= 11 is 0. The van der Waals surface area contributed by atoms with E-state index in [0.717, 1.165) is 35.2 Å². The van der Waals surface area contributed by atoms with Crippen LogP contribution in [-0.2, 0) is 0 Å². The predicted molar refractivity (Wildman–Crippen MR) is 106 cm³/mol. The van der Waals surface area contributed by atoms with E-state index in [0.29, 0.717) is 12.5 Å². The maximum absolute atomic E-state index is 13.4. The van der Waals surface area contributed by atoms with E-state index in [-0.39, 0.29) is 17.4 Å². The molecule has 0 N–H and O–H groups in total. The Morgan fingerprint density at radius 3 is 2.86 bits per heavy atom. The van der Waals surface area contributed by atoms with Crippen LogP contribution in [0.1, 0.15) is 37.1 Å². The fourth-order valence-electron chi connectivity index (χ4n) is 4.26. The zero-order valence-corrected chi connectivity index (χ0v) is 15.9. The molecule has 1 saturated heterocycles. The standard InChI is InChI=1S/C21H20F2N6/c1-13-7-9-28(18-6-8-24-16-5-3-2-4-14(16)18)11-15(13)19-10-17(20(22)23)27-21-25-12-26-29(19)21/h2-6,8,10,12-13,15,20H,7,9,11H2,1H3/t13-,15-/m1/s1. The van der Waals surface area contributed by atoms with Crippen LogP contribution in [0.3, 0.4) is 0 Å². The van der Waals surface area contributed by atoms with Gasteiger partial charge in [-0.25, -0.2) is 18.3 Å². The molecule has 0 unspecified atom stereocenters. The van der Waals surface area contributed by atoms with Gasteiger partial charge in [0.25, 0.3) is 12.2 Å². The van der Waals surface area contributed by atoms with Crippen molar-refractivity contribution >= 4 is 22.4 Å². The molecule has 3 aromatic heterocycles. The number of rotatable bonds is 3. The number of para-hydroxylation sites is 1. The summed E-state index contributed by atoms with van der Waals surface area (Å²) in [6.07, 6.45) is 1.49. The summed E-state index contributed by atoms with van der Waals surface area (Å²) in [5, 5.41) is 5.34. The van der Waals surface area contributed by atoms with Crippen LogP contribution in [0, 0.1) is 5.92 Å². The smallest absolute Gasteiger partial charge is 0.280 e. The second-order valence-corrected chi connectivity index (χ2v) is 7.54. The van der Waals surface area contributed by atoms with E-state index in [4.69, 9.17) is 0 Å². The van der Waals surface area contributed by atoms with Crippen LogP contribution in [0.4, 0.5) is 14.5 Å². The molecule has 0 radical (unpaired) electrons. The first-order valence-corrected chi connectivity index (χ1v) is 9.69. The lowest BCUT2D eigenvalue weighted by atomic mass is 9.84. The lowest BCUT2D eigenvalue weighted by molar-refractivity contribution is 0.146. The van der Waals surface area contributed by atoms with E-state index >= 15 is 0 Å². The van der Waals surface area contributed by atoms with Crippen LogP contribution >= 0.6 is 0 Å². The van der Waals surface area contributed by atoms with Crippen molar-refractivity contribution in [2.24, 2.45) is 5.92 Å². The molecule has 1 aliphatic rings. The van der Waals surface area contributed by atoms with E-state index in [1.807, 2.05) is 30.5 Å². The van der Waals surface area contributed by atoms with Crippen LogP contribution < -0.4 is 4.90 Å². The number of fused-ring (bicyclic) bond motifs is 2. The van der Waals surface area contributed by atoms with Crippen LogP contribution in [0.5, 0.6) is 0 Å². The molecular weight excluding hydrogens is 374 g/mol. The van der Waals surface area contributed by atoms with Gasteiger partial charge in [0.2, 0.25) is 0 Å². The molecule has 5 rings (SSSR count). The number of piperidine rings is 1. The van der Waals surface area contributed by atoms with Crippen LogP contribution in [0.2, 0.25) is 0 Å². The van der Waals surface area contributed by atoms with Crippen molar-refractivity contribution in [3.05, 3.63) is 60.3 Å². The fourth-order valence-corrected chi connectivity index (χ4v) is 4.26. The molecule has 2 atom stereocenters. The molecule has 1 fully saturated rings. The van der Waals surface area contributed by atoms with Crippen molar-refractivity contribution in [2.75, 3.05) is 18.0 Å². The normalized spacial score (nSPS) is 20.1. The molecule has 29 heavy (non-hydrogen) atoms. The molecule has 4 heterocycles.